The number of rotatable bonds is 35. The number of nitrogens with zero attached hydrogens (tertiary/aromatic N) is 2. The molecule has 0 unspecified atom stereocenters. The van der Waals surface area contributed by atoms with Gasteiger partial charge in [0.15, 0.2) is 6.04 Å². The molecular weight excluding hydrogens is 1150 g/mol. The number of benzene rings is 3. The monoisotopic (exact) mass is 1230 g/mol. The normalized spacial score (nSPS) is 16.4. The van der Waals surface area contributed by atoms with Crippen LogP contribution in [0.25, 0.3) is 0 Å². The number of phenolic OH excluding ortho intramolecular Hbond substituents is 1. The van der Waals surface area contributed by atoms with E-state index in [4.69, 9.17) is 11.5 Å². The number of imidazole rings is 1. The molecule has 3 aromatic carbocycles. The summed E-state index contributed by atoms with van der Waals surface area (Å²) >= 11 is 1.31. The number of aromatic hydroxyl groups is 1. The molecule has 4 aromatic rings. The summed E-state index contributed by atoms with van der Waals surface area (Å²) in [6.45, 7) is 2.35. The van der Waals surface area contributed by atoms with Crippen LogP contribution >= 0.6 is 11.8 Å². The van der Waals surface area contributed by atoms with Gasteiger partial charge in [-0.25, -0.2) is 9.78 Å². The number of carboxylic acids is 1. The minimum atomic E-state index is -1.77. The van der Waals surface area contributed by atoms with Crippen LogP contribution < -0.4 is 54.0 Å². The number of carboxylic acid groups (broad SMARTS) is 1. The SMILES string of the molecule is CSCC[C@H](NC(=O)[C@@H](NC(=O)[C@H](Cc1ccc(O)cc1)NC(=O)[C@H](CCCCN)NC(=O)[C@H](Cc1cnc[nH]1)NC(=O)[C@H](Cc1ccccc1)NC(=O)[C@@H]1CCCN1C(=O)[C@H](Cc1ccccc1)NC(=O)CN)[C@@H](C)O)C(=O)N[C@H](C(=O)O)[C@@H](C)O. The zero-order chi connectivity index (χ0) is 63.6. The van der Waals surface area contributed by atoms with Gasteiger partial charge in [-0.2, -0.15) is 11.8 Å². The van der Waals surface area contributed by atoms with Gasteiger partial charge in [0.1, 0.15) is 54.1 Å². The summed E-state index contributed by atoms with van der Waals surface area (Å²) in [4.78, 5) is 147. The van der Waals surface area contributed by atoms with E-state index < -0.39 is 126 Å². The number of nitrogens with one attached hydrogen (secondary N) is 9. The fourth-order valence-corrected chi connectivity index (χ4v) is 10.2. The number of likely N-dealkylation sites (tertiary alicyclic amines) is 1. The van der Waals surface area contributed by atoms with Crippen molar-refractivity contribution in [3.05, 3.63) is 120 Å². The summed E-state index contributed by atoms with van der Waals surface area (Å²) < 4.78 is 0. The number of H-pyrrole nitrogens is 1. The van der Waals surface area contributed by atoms with Gasteiger partial charge in [-0.3, -0.25) is 43.2 Å². The van der Waals surface area contributed by atoms with Gasteiger partial charge < -0.3 is 84.3 Å². The van der Waals surface area contributed by atoms with Gasteiger partial charge in [0, 0.05) is 44.1 Å². The van der Waals surface area contributed by atoms with Crippen molar-refractivity contribution < 1.29 is 68.4 Å². The summed E-state index contributed by atoms with van der Waals surface area (Å²) in [7, 11) is 0. The molecule has 17 N–H and O–H groups in total. The molecule has 87 heavy (non-hydrogen) atoms. The molecule has 0 radical (unpaired) electrons. The summed E-state index contributed by atoms with van der Waals surface area (Å²) in [5.74, 6) is -8.74. The van der Waals surface area contributed by atoms with Crippen LogP contribution in [0, 0.1) is 0 Å². The molecule has 2 heterocycles. The highest BCUT2D eigenvalue weighted by Gasteiger charge is 2.41. The van der Waals surface area contributed by atoms with E-state index in [-0.39, 0.29) is 76.8 Å². The molecular formula is C59H81N13O14S. The lowest BCUT2D eigenvalue weighted by atomic mass is 10.0. The smallest absolute Gasteiger partial charge is 0.328 e. The zero-order valence-corrected chi connectivity index (χ0v) is 49.6. The van der Waals surface area contributed by atoms with Crippen molar-refractivity contribution in [1.29, 1.82) is 0 Å². The maximum absolute atomic E-state index is 14.8. The number of nitrogens with two attached hydrogens (primary N) is 2. The van der Waals surface area contributed by atoms with E-state index in [2.05, 4.69) is 52.5 Å². The van der Waals surface area contributed by atoms with E-state index in [1.165, 1.54) is 60.4 Å². The highest BCUT2D eigenvalue weighted by molar-refractivity contribution is 7.98. The Kier molecular flexibility index (Phi) is 28.1. The Balaban J connectivity index is 1.41. The molecule has 27 nitrogen and oxygen atoms in total. The number of aliphatic hydroxyl groups is 2. The average molecular weight is 1230 g/mol. The molecule has 0 aliphatic carbocycles. The first-order valence-corrected chi connectivity index (χ1v) is 30.1. The number of carbonyl (C=O) groups is 10. The Morgan fingerprint density at radius 1 is 0.609 bits per heavy atom. The number of aromatic nitrogens is 2. The Labute approximate surface area is 508 Å². The van der Waals surface area contributed by atoms with Crippen molar-refractivity contribution in [3.8, 4) is 5.75 Å². The van der Waals surface area contributed by atoms with Crippen molar-refractivity contribution in [2.24, 2.45) is 11.5 Å². The third kappa shape index (κ3) is 22.1. The fourth-order valence-electron chi connectivity index (χ4n) is 9.68. The third-order valence-electron chi connectivity index (χ3n) is 14.4. The minimum Gasteiger partial charge on any atom is -0.508 e. The summed E-state index contributed by atoms with van der Waals surface area (Å²) in [6, 6.07) is 10.5. The van der Waals surface area contributed by atoms with Gasteiger partial charge >= 0.3 is 5.97 Å². The number of hydrogen-bond acceptors (Lipinski definition) is 17. The lowest BCUT2D eigenvalue weighted by Gasteiger charge is -2.30. The number of hydrogen-bond donors (Lipinski definition) is 15. The molecule has 1 fully saturated rings. The quantitative estimate of drug-likeness (QED) is 0.0220. The van der Waals surface area contributed by atoms with Crippen LogP contribution in [0.3, 0.4) is 0 Å². The largest absolute Gasteiger partial charge is 0.508 e. The Hall–Kier alpha value is -8.44. The van der Waals surface area contributed by atoms with Crippen LogP contribution in [-0.2, 0) is 73.6 Å². The molecule has 11 atom stereocenters. The third-order valence-corrected chi connectivity index (χ3v) is 15.1. The Morgan fingerprint density at radius 2 is 1.10 bits per heavy atom. The molecule has 0 saturated carbocycles. The first-order chi connectivity index (χ1) is 41.6. The van der Waals surface area contributed by atoms with Crippen molar-refractivity contribution >= 4 is 70.9 Å². The number of thioether (sulfide) groups is 1. The topological polar surface area (TPSA) is 432 Å². The second kappa shape index (κ2) is 35.3. The van der Waals surface area contributed by atoms with Crippen LogP contribution in [0.2, 0.25) is 0 Å². The lowest BCUT2D eigenvalue weighted by Crippen LogP contribution is -2.62. The maximum Gasteiger partial charge on any atom is 0.328 e. The molecule has 28 heteroatoms. The Morgan fingerprint density at radius 3 is 1.64 bits per heavy atom. The van der Waals surface area contributed by atoms with E-state index in [1.54, 1.807) is 60.9 Å². The molecule has 1 aromatic heterocycles. The van der Waals surface area contributed by atoms with Crippen molar-refractivity contribution in [1.82, 2.24) is 57.4 Å². The number of carbonyl (C=O) groups excluding carboxylic acids is 9. The van der Waals surface area contributed by atoms with Crippen molar-refractivity contribution in [3.63, 3.8) is 0 Å². The number of amides is 9. The first kappa shape index (κ1) is 69.3. The van der Waals surface area contributed by atoms with Crippen LogP contribution in [-0.4, -0.2) is 193 Å². The van der Waals surface area contributed by atoms with E-state index >= 15 is 0 Å². The molecule has 0 spiro atoms. The molecule has 1 aliphatic rings. The summed E-state index contributed by atoms with van der Waals surface area (Å²) in [5, 5.41) is 61.4. The van der Waals surface area contributed by atoms with Gasteiger partial charge in [-0.05, 0) is 99.7 Å². The second-order valence-electron chi connectivity index (χ2n) is 21.2. The molecule has 1 aliphatic heterocycles. The predicted octanol–water partition coefficient (Wildman–Crippen LogP) is -2.06. The van der Waals surface area contributed by atoms with Gasteiger partial charge in [0.25, 0.3) is 0 Å². The number of unbranched alkanes of at least 4 members (excludes halogenated alkanes) is 1. The van der Waals surface area contributed by atoms with Crippen LogP contribution in [0.1, 0.15) is 74.8 Å². The van der Waals surface area contributed by atoms with Gasteiger partial charge in [-0.1, -0.05) is 72.8 Å². The Bertz CT molecular complexity index is 2910. The first-order valence-electron chi connectivity index (χ1n) is 28.7. The van der Waals surface area contributed by atoms with Crippen molar-refractivity contribution in [2.45, 2.75) is 145 Å². The second-order valence-corrected chi connectivity index (χ2v) is 22.2. The number of aliphatic hydroxyl groups excluding tert-OH is 2. The van der Waals surface area contributed by atoms with Gasteiger partial charge in [0.05, 0.1) is 25.1 Å². The highest BCUT2D eigenvalue weighted by atomic mass is 32.2. The predicted molar refractivity (Wildman–Crippen MR) is 321 cm³/mol. The number of aromatic amines is 1. The zero-order valence-electron chi connectivity index (χ0n) is 48.8. The van der Waals surface area contributed by atoms with Crippen LogP contribution in [0.5, 0.6) is 5.75 Å². The average Bonchev–Trinajstić information content (AvgIpc) is 2.70. The minimum absolute atomic E-state index is 0.0290. The molecule has 1 saturated heterocycles. The summed E-state index contributed by atoms with van der Waals surface area (Å²) in [5.41, 5.74) is 13.6. The van der Waals surface area contributed by atoms with Crippen LogP contribution in [0.4, 0.5) is 0 Å². The van der Waals surface area contributed by atoms with E-state index in [1.807, 2.05) is 6.07 Å². The van der Waals surface area contributed by atoms with E-state index in [0.29, 0.717) is 35.4 Å². The standard InChI is InChI=1S/C59H81N13O14S/c1-34(73)49(57(83)66-42(23-26-87-3)52(78)71-50(35(2)74)59(85)86)70-55(81)44(28-38-19-21-40(75)22-20-38)67-51(77)41(17-10-11-24-60)65-54(80)45(30-39-32-62-33-63-39)68-53(79)43(27-36-13-6-4-7-14-36)69-56(82)47-18-12-25-72(47)58(84)46(64-48(76)31-61)29-37-15-8-5-9-16-37/h4-9,13-16,19-22,32-35,41-47,49-50,73-75H,10-12,17-18,23-31,60-61H2,1-3H3,(H,62,63)(H,64,76)(H,65,80)(H,66,83)(H,67,77)(H,68,79)(H,69,82)(H,70,81)(H,71,78)(H,85,86)/t34-,35-,41+,42+,43+,44+,45+,46+,47+,49+,50+/m1/s1. The molecule has 9 amide bonds. The molecule has 5 rings (SSSR count). The summed E-state index contributed by atoms with van der Waals surface area (Å²) in [6.07, 6.45) is 2.18. The maximum atomic E-state index is 14.8. The van der Waals surface area contributed by atoms with Crippen molar-refractivity contribution in [2.75, 3.05) is 31.6 Å². The van der Waals surface area contributed by atoms with Gasteiger partial charge in [0.2, 0.25) is 53.2 Å². The number of aliphatic carboxylic acids is 1. The van der Waals surface area contributed by atoms with Crippen LogP contribution in [0.15, 0.2) is 97.5 Å². The fraction of sp³-hybridized carbons (Fsp3) is 0.475. The number of phenols is 1. The molecule has 0 bridgehead atoms. The lowest BCUT2D eigenvalue weighted by molar-refractivity contribution is -0.145. The van der Waals surface area contributed by atoms with Gasteiger partial charge in [-0.15, -0.1) is 0 Å². The van der Waals surface area contributed by atoms with E-state index in [9.17, 15) is 68.4 Å². The van der Waals surface area contributed by atoms with E-state index in [0.717, 1.165) is 12.5 Å². The molecule has 472 valence electrons. The highest BCUT2D eigenvalue weighted by Crippen LogP contribution is 2.21.